The first-order chi connectivity index (χ1) is 8.68. The molecule has 1 aliphatic rings. The van der Waals surface area contributed by atoms with Gasteiger partial charge in [-0.15, -0.1) is 0 Å². The van der Waals surface area contributed by atoms with E-state index in [4.69, 9.17) is 14.0 Å². The van der Waals surface area contributed by atoms with Gasteiger partial charge in [0, 0.05) is 26.2 Å². The van der Waals surface area contributed by atoms with E-state index in [-0.39, 0.29) is 11.6 Å². The maximum absolute atomic E-state index is 5.69. The smallest absolute Gasteiger partial charge is 0.228 e. The van der Waals surface area contributed by atoms with Gasteiger partial charge in [0.05, 0.1) is 6.61 Å². The molecule has 0 saturated carbocycles. The van der Waals surface area contributed by atoms with Gasteiger partial charge in [0.1, 0.15) is 5.60 Å². The Balaban J connectivity index is 2.01. The average Bonchev–Trinajstić information content (AvgIpc) is 2.98. The van der Waals surface area contributed by atoms with Crippen LogP contribution in [0, 0.1) is 0 Å². The number of nitrogens with one attached hydrogen (secondary N) is 1. The average molecular weight is 255 g/mol. The van der Waals surface area contributed by atoms with Gasteiger partial charge < -0.3 is 19.3 Å². The van der Waals surface area contributed by atoms with Crippen LogP contribution in [-0.4, -0.2) is 43.6 Å². The number of methoxy groups -OCH3 is 1. The Bertz CT molecular complexity index is 374. The third-order valence-corrected chi connectivity index (χ3v) is 3.36. The molecule has 0 spiro atoms. The summed E-state index contributed by atoms with van der Waals surface area (Å²) in [4.78, 5) is 4.44. The number of aromatic nitrogens is 2. The summed E-state index contributed by atoms with van der Waals surface area (Å²) in [6, 6.07) is 0.181. The van der Waals surface area contributed by atoms with Crippen LogP contribution in [0.1, 0.15) is 31.5 Å². The van der Waals surface area contributed by atoms with E-state index in [1.54, 1.807) is 7.11 Å². The maximum Gasteiger partial charge on any atom is 0.228 e. The second-order valence-electron chi connectivity index (χ2n) is 4.84. The van der Waals surface area contributed by atoms with Gasteiger partial charge in [-0.25, -0.2) is 0 Å². The summed E-state index contributed by atoms with van der Waals surface area (Å²) in [5.41, 5.74) is -0.377. The summed E-state index contributed by atoms with van der Waals surface area (Å²) < 4.78 is 16.1. The molecular weight excluding hydrogens is 234 g/mol. The molecule has 6 heteroatoms. The number of hydrogen-bond acceptors (Lipinski definition) is 6. The molecule has 18 heavy (non-hydrogen) atoms. The van der Waals surface area contributed by atoms with Crippen molar-refractivity contribution in [3.8, 4) is 0 Å². The molecule has 1 saturated heterocycles. The van der Waals surface area contributed by atoms with Crippen LogP contribution in [-0.2, 0) is 21.5 Å². The Morgan fingerprint density at radius 3 is 3.00 bits per heavy atom. The predicted octanol–water partition coefficient (Wildman–Crippen LogP) is 0.872. The maximum atomic E-state index is 5.69. The van der Waals surface area contributed by atoms with Crippen LogP contribution < -0.4 is 5.32 Å². The second-order valence-corrected chi connectivity index (χ2v) is 4.84. The standard InChI is InChI=1S/C12H21N3O3/c1-12(5-4-6-17-12)11-14-10(18-15-11)7-9(13-2)8-16-3/h9,13H,4-8H2,1-3H3. The predicted molar refractivity (Wildman–Crippen MR) is 65.3 cm³/mol. The first kappa shape index (κ1) is 13.5. The van der Waals surface area contributed by atoms with Crippen molar-refractivity contribution in [3.63, 3.8) is 0 Å². The third kappa shape index (κ3) is 2.88. The second kappa shape index (κ2) is 5.77. The van der Waals surface area contributed by atoms with Gasteiger partial charge in [0.15, 0.2) is 0 Å². The number of nitrogens with zero attached hydrogens (tertiary/aromatic N) is 2. The molecule has 1 aromatic heterocycles. The van der Waals surface area contributed by atoms with Gasteiger partial charge in [-0.2, -0.15) is 4.98 Å². The zero-order chi connectivity index (χ0) is 13.0. The molecule has 0 amide bonds. The van der Waals surface area contributed by atoms with Gasteiger partial charge in [-0.05, 0) is 26.8 Å². The van der Waals surface area contributed by atoms with E-state index in [0.717, 1.165) is 19.4 Å². The zero-order valence-electron chi connectivity index (χ0n) is 11.2. The van der Waals surface area contributed by atoms with E-state index in [1.807, 2.05) is 14.0 Å². The Morgan fingerprint density at radius 2 is 2.39 bits per heavy atom. The van der Waals surface area contributed by atoms with Crippen LogP contribution >= 0.6 is 0 Å². The van der Waals surface area contributed by atoms with E-state index in [1.165, 1.54) is 0 Å². The Kier molecular flexibility index (Phi) is 4.31. The quantitative estimate of drug-likeness (QED) is 0.813. The lowest BCUT2D eigenvalue weighted by Gasteiger charge is -2.17. The number of hydrogen-bond donors (Lipinski definition) is 1. The van der Waals surface area contributed by atoms with Crippen LogP contribution in [0.2, 0.25) is 0 Å². The van der Waals surface area contributed by atoms with Gasteiger partial charge in [-0.1, -0.05) is 5.16 Å². The van der Waals surface area contributed by atoms with Gasteiger partial charge >= 0.3 is 0 Å². The molecule has 1 aliphatic heterocycles. The molecule has 1 aromatic rings. The fraction of sp³-hybridized carbons (Fsp3) is 0.833. The molecule has 2 unspecified atom stereocenters. The highest BCUT2D eigenvalue weighted by atomic mass is 16.5. The normalized spacial score (nSPS) is 25.5. The van der Waals surface area contributed by atoms with E-state index < -0.39 is 0 Å². The van der Waals surface area contributed by atoms with Crippen LogP contribution in [0.4, 0.5) is 0 Å². The summed E-state index contributed by atoms with van der Waals surface area (Å²) in [5.74, 6) is 1.28. The van der Waals surface area contributed by atoms with Crippen molar-refractivity contribution in [3.05, 3.63) is 11.7 Å². The van der Waals surface area contributed by atoms with Crippen LogP contribution in [0.15, 0.2) is 4.52 Å². The molecule has 0 bridgehead atoms. The number of ether oxygens (including phenoxy) is 2. The van der Waals surface area contributed by atoms with E-state index >= 15 is 0 Å². The molecule has 0 radical (unpaired) electrons. The lowest BCUT2D eigenvalue weighted by molar-refractivity contribution is 0.00768. The molecule has 1 fully saturated rings. The van der Waals surface area contributed by atoms with Crippen molar-refractivity contribution < 1.29 is 14.0 Å². The highest BCUT2D eigenvalue weighted by Gasteiger charge is 2.36. The fourth-order valence-corrected chi connectivity index (χ4v) is 2.16. The molecular formula is C12H21N3O3. The SMILES string of the molecule is CNC(COC)Cc1nc(C2(C)CCCO2)no1. The summed E-state index contributed by atoms with van der Waals surface area (Å²) >= 11 is 0. The Morgan fingerprint density at radius 1 is 1.56 bits per heavy atom. The van der Waals surface area contributed by atoms with Crippen LogP contribution in [0.5, 0.6) is 0 Å². The fourth-order valence-electron chi connectivity index (χ4n) is 2.16. The van der Waals surface area contributed by atoms with Crippen molar-refractivity contribution in [1.82, 2.24) is 15.5 Å². The molecule has 2 atom stereocenters. The van der Waals surface area contributed by atoms with Crippen molar-refractivity contribution in [2.24, 2.45) is 0 Å². The highest BCUT2D eigenvalue weighted by molar-refractivity contribution is 5.02. The third-order valence-electron chi connectivity index (χ3n) is 3.36. The first-order valence-electron chi connectivity index (χ1n) is 6.31. The minimum absolute atomic E-state index is 0.181. The number of rotatable bonds is 6. The summed E-state index contributed by atoms with van der Waals surface area (Å²) in [6.45, 7) is 3.39. The Labute approximate surface area is 107 Å². The summed E-state index contributed by atoms with van der Waals surface area (Å²) in [6.07, 6.45) is 2.65. The van der Waals surface area contributed by atoms with Crippen molar-refractivity contribution in [1.29, 1.82) is 0 Å². The van der Waals surface area contributed by atoms with Gasteiger partial charge in [-0.3, -0.25) is 0 Å². The van der Waals surface area contributed by atoms with Crippen molar-refractivity contribution >= 4 is 0 Å². The highest BCUT2D eigenvalue weighted by Crippen LogP contribution is 2.33. The van der Waals surface area contributed by atoms with E-state index in [0.29, 0.717) is 24.7 Å². The van der Waals surface area contributed by atoms with Crippen LogP contribution in [0.25, 0.3) is 0 Å². The minimum Gasteiger partial charge on any atom is -0.383 e. The largest absolute Gasteiger partial charge is 0.383 e. The number of likely N-dealkylation sites (N-methyl/N-ethyl adjacent to an activating group) is 1. The lowest BCUT2D eigenvalue weighted by Crippen LogP contribution is -2.32. The molecule has 0 aromatic carbocycles. The lowest BCUT2D eigenvalue weighted by atomic mass is 10.0. The summed E-state index contributed by atoms with van der Waals surface area (Å²) in [5, 5.41) is 7.19. The van der Waals surface area contributed by atoms with Crippen LogP contribution in [0.3, 0.4) is 0 Å². The minimum atomic E-state index is -0.377. The first-order valence-corrected chi connectivity index (χ1v) is 6.31. The molecule has 0 aliphatic carbocycles. The van der Waals surface area contributed by atoms with Crippen molar-refractivity contribution in [2.45, 2.75) is 37.8 Å². The Hall–Kier alpha value is -0.980. The topological polar surface area (TPSA) is 69.4 Å². The molecule has 102 valence electrons. The van der Waals surface area contributed by atoms with E-state index in [2.05, 4.69) is 15.5 Å². The molecule has 1 N–H and O–H groups in total. The zero-order valence-corrected chi connectivity index (χ0v) is 11.2. The summed E-state index contributed by atoms with van der Waals surface area (Å²) in [7, 11) is 3.57. The molecule has 6 nitrogen and oxygen atoms in total. The van der Waals surface area contributed by atoms with Gasteiger partial charge in [0.2, 0.25) is 11.7 Å². The monoisotopic (exact) mass is 255 g/mol. The van der Waals surface area contributed by atoms with Gasteiger partial charge in [0.25, 0.3) is 0 Å². The van der Waals surface area contributed by atoms with Crippen molar-refractivity contribution in [2.75, 3.05) is 27.4 Å². The molecule has 2 rings (SSSR count). The molecule has 2 heterocycles. The van der Waals surface area contributed by atoms with E-state index in [9.17, 15) is 0 Å².